The molecule has 0 atom stereocenters. The zero-order valence-electron chi connectivity index (χ0n) is 15.9. The van der Waals surface area contributed by atoms with Gasteiger partial charge < -0.3 is 9.84 Å². The Bertz CT molecular complexity index is 1100. The van der Waals surface area contributed by atoms with Gasteiger partial charge in [-0.1, -0.05) is 48.5 Å². The minimum atomic E-state index is -1.28. The molecule has 3 aromatic rings. The van der Waals surface area contributed by atoms with E-state index in [1.54, 1.807) is 0 Å². The maximum absolute atomic E-state index is 12.3. The molecule has 0 saturated heterocycles. The second-order valence-corrected chi connectivity index (χ2v) is 6.53. The fourth-order valence-electron chi connectivity index (χ4n) is 3.36. The Kier molecular flexibility index (Phi) is 5.58. The number of ether oxygens (including phenoxy) is 1. The molecule has 0 fully saturated rings. The number of rotatable bonds is 7. The number of fused-ring (bicyclic) bond motifs is 3. The number of hydrogen-bond donors (Lipinski definition) is 3. The van der Waals surface area contributed by atoms with Crippen LogP contribution >= 0.6 is 0 Å². The first-order valence-electron chi connectivity index (χ1n) is 9.13. The lowest BCUT2D eigenvalue weighted by molar-refractivity contribution is -0.144. The molecule has 1 aromatic heterocycles. The summed E-state index contributed by atoms with van der Waals surface area (Å²) in [5, 5.41) is 17.6. The van der Waals surface area contributed by atoms with Gasteiger partial charge in [0.15, 0.2) is 6.61 Å². The number of amides is 2. The van der Waals surface area contributed by atoms with Gasteiger partial charge in [0, 0.05) is 5.92 Å². The molecule has 0 bridgehead atoms. The van der Waals surface area contributed by atoms with Crippen LogP contribution in [-0.4, -0.2) is 46.6 Å². The smallest absolute Gasteiger partial charge is 0.412 e. The summed E-state index contributed by atoms with van der Waals surface area (Å²) in [7, 11) is 0. The zero-order valence-corrected chi connectivity index (χ0v) is 15.9. The lowest BCUT2D eigenvalue weighted by Crippen LogP contribution is -2.28. The molecule has 0 aliphatic heterocycles. The van der Waals surface area contributed by atoms with E-state index in [0.29, 0.717) is 0 Å². The Hall–Kier alpha value is -4.25. The number of hydroxylamine groups is 1. The van der Waals surface area contributed by atoms with Gasteiger partial charge in [0.25, 0.3) is 0 Å². The number of carbonyl (C=O) groups is 3. The van der Waals surface area contributed by atoms with E-state index in [9.17, 15) is 14.4 Å². The van der Waals surface area contributed by atoms with Gasteiger partial charge in [-0.25, -0.2) is 19.7 Å². The summed E-state index contributed by atoms with van der Waals surface area (Å²) in [5.74, 6) is -2.67. The van der Waals surface area contributed by atoms with E-state index < -0.39 is 30.3 Å². The first-order valence-corrected chi connectivity index (χ1v) is 9.13. The van der Waals surface area contributed by atoms with Crippen LogP contribution in [0.5, 0.6) is 0 Å². The summed E-state index contributed by atoms with van der Waals surface area (Å²) < 4.78 is 9.82. The van der Waals surface area contributed by atoms with Crippen LogP contribution in [0.1, 0.15) is 27.5 Å². The van der Waals surface area contributed by atoms with Gasteiger partial charge in [0.05, 0.1) is 0 Å². The molecule has 1 aliphatic carbocycles. The lowest BCUT2D eigenvalue weighted by Gasteiger charge is -2.14. The largest absolute Gasteiger partial charge is 0.479 e. The summed E-state index contributed by atoms with van der Waals surface area (Å²) >= 11 is 0. The maximum atomic E-state index is 12.3. The third kappa shape index (κ3) is 4.21. The number of nitrogens with one attached hydrogen (secondary N) is 2. The summed E-state index contributed by atoms with van der Waals surface area (Å²) in [6, 6.07) is 15.8. The molecule has 1 heterocycles. The van der Waals surface area contributed by atoms with Crippen LogP contribution in [-0.2, 0) is 14.4 Å². The minimum Gasteiger partial charge on any atom is -0.479 e. The van der Waals surface area contributed by atoms with E-state index in [4.69, 9.17) is 9.84 Å². The summed E-state index contributed by atoms with van der Waals surface area (Å²) in [6.07, 6.45) is -0.863. The minimum absolute atomic E-state index is 0.0639. The maximum Gasteiger partial charge on any atom is 0.412 e. The van der Waals surface area contributed by atoms with Crippen LogP contribution in [0.2, 0.25) is 0 Å². The molecule has 31 heavy (non-hydrogen) atoms. The third-order valence-corrected chi connectivity index (χ3v) is 4.63. The second kappa shape index (κ2) is 8.63. The molecule has 4 rings (SSSR count). The van der Waals surface area contributed by atoms with Gasteiger partial charge in [0.2, 0.25) is 11.5 Å². The highest BCUT2D eigenvalue weighted by atomic mass is 16.7. The first kappa shape index (κ1) is 20.0. The van der Waals surface area contributed by atoms with Gasteiger partial charge in [0.1, 0.15) is 6.61 Å². The standard InChI is InChI=1S/C20H16N4O7/c25-16(26)10-30-24-19(27)17-18(23-31-22-17)21-20(28)29-9-15-13-7-3-1-5-11(13)12-6-2-4-8-14(12)15/h1-8,15H,9-10H2,(H,24,27)(H,25,26)(H,21,23,28). The highest BCUT2D eigenvalue weighted by molar-refractivity contribution is 5.99. The van der Waals surface area contributed by atoms with Crippen molar-refractivity contribution in [3.63, 3.8) is 0 Å². The highest BCUT2D eigenvalue weighted by Gasteiger charge is 2.29. The molecule has 0 radical (unpaired) electrons. The van der Waals surface area contributed by atoms with Crippen molar-refractivity contribution in [2.24, 2.45) is 0 Å². The van der Waals surface area contributed by atoms with Crippen molar-refractivity contribution in [3.8, 4) is 11.1 Å². The van der Waals surface area contributed by atoms with Crippen LogP contribution in [0.25, 0.3) is 11.1 Å². The Labute approximate surface area is 174 Å². The molecule has 0 unspecified atom stereocenters. The third-order valence-electron chi connectivity index (χ3n) is 4.63. The van der Waals surface area contributed by atoms with Crippen molar-refractivity contribution in [2.75, 3.05) is 18.5 Å². The molecule has 2 aromatic carbocycles. The average Bonchev–Trinajstić information content (AvgIpc) is 3.34. The highest BCUT2D eigenvalue weighted by Crippen LogP contribution is 2.44. The molecule has 11 heteroatoms. The number of benzene rings is 2. The molecular formula is C20H16N4O7. The zero-order chi connectivity index (χ0) is 21.8. The van der Waals surface area contributed by atoms with Crippen LogP contribution in [0.15, 0.2) is 53.2 Å². The molecule has 1 aliphatic rings. The van der Waals surface area contributed by atoms with E-state index in [0.717, 1.165) is 22.3 Å². The van der Waals surface area contributed by atoms with Crippen LogP contribution in [0, 0.1) is 0 Å². The first-order chi connectivity index (χ1) is 15.0. The van der Waals surface area contributed by atoms with Gasteiger partial charge in [-0.2, -0.15) is 0 Å². The van der Waals surface area contributed by atoms with Gasteiger partial charge in [-0.3, -0.25) is 14.9 Å². The van der Waals surface area contributed by atoms with Gasteiger partial charge >= 0.3 is 18.0 Å². The molecule has 0 spiro atoms. The molecule has 3 N–H and O–H groups in total. The Morgan fingerprint density at radius 2 is 1.65 bits per heavy atom. The molecule has 0 saturated carbocycles. The number of carbonyl (C=O) groups excluding carboxylic acids is 2. The molecule has 11 nitrogen and oxygen atoms in total. The topological polar surface area (TPSA) is 153 Å². The van der Waals surface area contributed by atoms with E-state index in [1.165, 1.54) is 0 Å². The number of anilines is 1. The fraction of sp³-hybridized carbons (Fsp3) is 0.150. The van der Waals surface area contributed by atoms with Crippen LogP contribution in [0.4, 0.5) is 10.6 Å². The Morgan fingerprint density at radius 3 is 2.29 bits per heavy atom. The SMILES string of the molecule is O=C(O)CONC(=O)c1nonc1NC(=O)OCC1c2ccccc2-c2ccccc21. The average molecular weight is 424 g/mol. The second-order valence-electron chi connectivity index (χ2n) is 6.53. The summed E-state index contributed by atoms with van der Waals surface area (Å²) in [4.78, 5) is 39.1. The summed E-state index contributed by atoms with van der Waals surface area (Å²) in [6.45, 7) is -0.694. The van der Waals surface area contributed by atoms with E-state index in [-0.39, 0.29) is 18.3 Å². The van der Waals surface area contributed by atoms with Crippen LogP contribution < -0.4 is 10.8 Å². The lowest BCUT2D eigenvalue weighted by atomic mass is 9.98. The molecule has 158 valence electrons. The van der Waals surface area contributed by atoms with Gasteiger partial charge in [-0.05, 0) is 32.6 Å². The Morgan fingerprint density at radius 1 is 1.00 bits per heavy atom. The number of carboxylic acids is 1. The van der Waals surface area contributed by atoms with Crippen molar-refractivity contribution in [2.45, 2.75) is 5.92 Å². The van der Waals surface area contributed by atoms with Gasteiger partial charge in [-0.15, -0.1) is 0 Å². The van der Waals surface area contributed by atoms with Crippen LogP contribution in [0.3, 0.4) is 0 Å². The van der Waals surface area contributed by atoms with E-state index in [2.05, 4.69) is 25.1 Å². The Balaban J connectivity index is 1.39. The quantitative estimate of drug-likeness (QED) is 0.484. The fourth-order valence-corrected chi connectivity index (χ4v) is 3.36. The van der Waals surface area contributed by atoms with Crippen molar-refractivity contribution < 1.29 is 33.7 Å². The van der Waals surface area contributed by atoms with Crippen molar-refractivity contribution >= 4 is 23.8 Å². The molecule has 2 amide bonds. The predicted molar refractivity (Wildman–Crippen MR) is 104 cm³/mol. The monoisotopic (exact) mass is 424 g/mol. The summed E-state index contributed by atoms with van der Waals surface area (Å²) in [5.41, 5.74) is 5.73. The van der Waals surface area contributed by atoms with Crippen molar-refractivity contribution in [1.29, 1.82) is 0 Å². The predicted octanol–water partition coefficient (Wildman–Crippen LogP) is 2.18. The van der Waals surface area contributed by atoms with Crippen molar-refractivity contribution in [1.82, 2.24) is 15.8 Å². The van der Waals surface area contributed by atoms with Crippen molar-refractivity contribution in [3.05, 3.63) is 65.4 Å². The molecular weight excluding hydrogens is 408 g/mol. The van der Waals surface area contributed by atoms with E-state index >= 15 is 0 Å². The normalized spacial score (nSPS) is 12.0. The number of aliphatic carboxylic acids is 1. The van der Waals surface area contributed by atoms with E-state index in [1.807, 2.05) is 54.0 Å². The number of carboxylic acid groups (broad SMARTS) is 1. The number of nitrogens with zero attached hydrogens (tertiary/aromatic N) is 2. The number of hydrogen-bond acceptors (Lipinski definition) is 8. The number of aromatic nitrogens is 2.